The van der Waals surface area contributed by atoms with E-state index in [4.69, 9.17) is 5.73 Å². The molecule has 16 heavy (non-hydrogen) atoms. The first-order chi connectivity index (χ1) is 7.39. The van der Waals surface area contributed by atoms with Gasteiger partial charge in [-0.2, -0.15) is 0 Å². The number of aromatic nitrogens is 1. The number of para-hydroxylation sites is 1. The Kier molecular flexibility index (Phi) is 2.47. The molecular weight excluding hydrogens is 196 g/mol. The van der Waals surface area contributed by atoms with Gasteiger partial charge in [-0.25, -0.2) is 0 Å². The van der Waals surface area contributed by atoms with Gasteiger partial charge in [-0.3, -0.25) is 4.98 Å². The summed E-state index contributed by atoms with van der Waals surface area (Å²) < 4.78 is 0. The van der Waals surface area contributed by atoms with Crippen LogP contribution in [0, 0.1) is 13.8 Å². The molecule has 0 bridgehead atoms. The molecule has 0 aliphatic heterocycles. The Balaban J connectivity index is 2.89. The van der Waals surface area contributed by atoms with Crippen molar-refractivity contribution in [3.05, 3.63) is 41.1 Å². The van der Waals surface area contributed by atoms with Crippen LogP contribution in [0.1, 0.15) is 30.7 Å². The van der Waals surface area contributed by atoms with Crippen molar-refractivity contribution in [1.29, 1.82) is 0 Å². The molecule has 0 spiro atoms. The molecule has 0 unspecified atom stereocenters. The maximum atomic E-state index is 6.21. The van der Waals surface area contributed by atoms with Crippen molar-refractivity contribution < 1.29 is 0 Å². The molecule has 1 aromatic heterocycles. The zero-order valence-corrected chi connectivity index (χ0v) is 10.3. The van der Waals surface area contributed by atoms with Gasteiger partial charge in [0.15, 0.2) is 0 Å². The molecular formula is C14H18N2. The standard InChI is InChI=1S/C14H18N2/c1-9-6-5-7-11-12(14(3,4)15)8-10(2)16-13(9)11/h5-8H,15H2,1-4H3. The first-order valence-electron chi connectivity index (χ1n) is 5.56. The summed E-state index contributed by atoms with van der Waals surface area (Å²) in [5.74, 6) is 0. The summed E-state index contributed by atoms with van der Waals surface area (Å²) in [5, 5.41) is 1.16. The van der Waals surface area contributed by atoms with E-state index in [2.05, 4.69) is 36.2 Å². The Morgan fingerprint density at radius 2 is 1.88 bits per heavy atom. The van der Waals surface area contributed by atoms with Crippen LogP contribution in [0.2, 0.25) is 0 Å². The maximum absolute atomic E-state index is 6.21. The molecule has 0 radical (unpaired) electrons. The number of hydrogen-bond donors (Lipinski definition) is 1. The average Bonchev–Trinajstić information content (AvgIpc) is 2.17. The van der Waals surface area contributed by atoms with E-state index in [1.54, 1.807) is 0 Å². The van der Waals surface area contributed by atoms with Gasteiger partial charge in [0, 0.05) is 16.6 Å². The summed E-state index contributed by atoms with van der Waals surface area (Å²) in [4.78, 5) is 4.59. The van der Waals surface area contributed by atoms with E-state index in [0.29, 0.717) is 0 Å². The number of nitrogens with zero attached hydrogens (tertiary/aromatic N) is 1. The summed E-state index contributed by atoms with van der Waals surface area (Å²) in [6, 6.07) is 8.33. The molecule has 2 aromatic rings. The van der Waals surface area contributed by atoms with Crippen molar-refractivity contribution in [2.24, 2.45) is 5.73 Å². The lowest BCUT2D eigenvalue weighted by Gasteiger charge is -2.22. The predicted octanol–water partition coefficient (Wildman–Crippen LogP) is 3.05. The molecule has 1 aromatic carbocycles. The smallest absolute Gasteiger partial charge is 0.0737 e. The lowest BCUT2D eigenvalue weighted by Crippen LogP contribution is -2.29. The molecule has 1 heterocycles. The first kappa shape index (κ1) is 11.1. The topological polar surface area (TPSA) is 38.9 Å². The second kappa shape index (κ2) is 3.56. The molecule has 0 aliphatic rings. The van der Waals surface area contributed by atoms with Crippen molar-refractivity contribution >= 4 is 10.9 Å². The van der Waals surface area contributed by atoms with Gasteiger partial charge in [0.2, 0.25) is 0 Å². The fourth-order valence-electron chi connectivity index (χ4n) is 2.05. The van der Waals surface area contributed by atoms with Crippen LogP contribution in [0.3, 0.4) is 0 Å². The third kappa shape index (κ3) is 1.81. The van der Waals surface area contributed by atoms with E-state index < -0.39 is 0 Å². The van der Waals surface area contributed by atoms with E-state index in [0.717, 1.165) is 16.6 Å². The number of rotatable bonds is 1. The Bertz CT molecular complexity index is 536. The molecule has 84 valence electrons. The van der Waals surface area contributed by atoms with E-state index in [1.807, 2.05) is 20.8 Å². The minimum Gasteiger partial charge on any atom is -0.322 e. The summed E-state index contributed by atoms with van der Waals surface area (Å²) >= 11 is 0. The number of benzene rings is 1. The number of nitrogens with two attached hydrogens (primary N) is 1. The third-order valence-electron chi connectivity index (χ3n) is 2.86. The Hall–Kier alpha value is -1.41. The second-order valence-electron chi connectivity index (χ2n) is 5.00. The van der Waals surface area contributed by atoms with Crippen LogP contribution in [-0.2, 0) is 5.54 Å². The van der Waals surface area contributed by atoms with Gasteiger partial charge in [0.25, 0.3) is 0 Å². The zero-order chi connectivity index (χ0) is 11.9. The van der Waals surface area contributed by atoms with Crippen LogP contribution < -0.4 is 5.73 Å². The molecule has 0 fully saturated rings. The van der Waals surface area contributed by atoms with Crippen molar-refractivity contribution in [2.45, 2.75) is 33.2 Å². The van der Waals surface area contributed by atoms with Gasteiger partial charge in [-0.1, -0.05) is 18.2 Å². The first-order valence-corrected chi connectivity index (χ1v) is 5.56. The van der Waals surface area contributed by atoms with Crippen LogP contribution in [-0.4, -0.2) is 4.98 Å². The zero-order valence-electron chi connectivity index (χ0n) is 10.3. The average molecular weight is 214 g/mol. The largest absolute Gasteiger partial charge is 0.322 e. The van der Waals surface area contributed by atoms with Gasteiger partial charge in [-0.15, -0.1) is 0 Å². The summed E-state index contributed by atoms with van der Waals surface area (Å²) in [6.07, 6.45) is 0. The van der Waals surface area contributed by atoms with Crippen LogP contribution in [0.25, 0.3) is 10.9 Å². The van der Waals surface area contributed by atoms with Crippen molar-refractivity contribution in [1.82, 2.24) is 4.98 Å². The number of fused-ring (bicyclic) bond motifs is 1. The number of aryl methyl sites for hydroxylation is 2. The highest BCUT2D eigenvalue weighted by Gasteiger charge is 2.18. The van der Waals surface area contributed by atoms with Gasteiger partial charge >= 0.3 is 0 Å². The molecule has 0 atom stereocenters. The van der Waals surface area contributed by atoms with E-state index >= 15 is 0 Å². The van der Waals surface area contributed by atoms with Gasteiger partial charge in [-0.05, 0) is 44.9 Å². The lowest BCUT2D eigenvalue weighted by atomic mass is 9.91. The Morgan fingerprint density at radius 1 is 1.19 bits per heavy atom. The predicted molar refractivity (Wildman–Crippen MR) is 68.4 cm³/mol. The molecule has 2 N–H and O–H groups in total. The van der Waals surface area contributed by atoms with Gasteiger partial charge < -0.3 is 5.73 Å². The van der Waals surface area contributed by atoms with Crippen LogP contribution in [0.5, 0.6) is 0 Å². The number of pyridine rings is 1. The molecule has 2 heteroatoms. The second-order valence-corrected chi connectivity index (χ2v) is 5.00. The van der Waals surface area contributed by atoms with Gasteiger partial charge in [0.05, 0.1) is 5.52 Å². The maximum Gasteiger partial charge on any atom is 0.0737 e. The fourth-order valence-corrected chi connectivity index (χ4v) is 2.05. The van der Waals surface area contributed by atoms with E-state index in [1.165, 1.54) is 11.1 Å². The summed E-state index contributed by atoms with van der Waals surface area (Å²) in [7, 11) is 0. The normalized spacial score (nSPS) is 12.1. The quantitative estimate of drug-likeness (QED) is 0.792. The highest BCUT2D eigenvalue weighted by atomic mass is 14.7. The van der Waals surface area contributed by atoms with Gasteiger partial charge in [0.1, 0.15) is 0 Å². The van der Waals surface area contributed by atoms with Crippen molar-refractivity contribution in [3.63, 3.8) is 0 Å². The Morgan fingerprint density at radius 3 is 2.50 bits per heavy atom. The monoisotopic (exact) mass is 214 g/mol. The van der Waals surface area contributed by atoms with E-state index in [-0.39, 0.29) is 5.54 Å². The van der Waals surface area contributed by atoms with Crippen LogP contribution >= 0.6 is 0 Å². The highest BCUT2D eigenvalue weighted by molar-refractivity contribution is 5.86. The Labute approximate surface area is 96.5 Å². The fraction of sp³-hybridized carbons (Fsp3) is 0.357. The highest BCUT2D eigenvalue weighted by Crippen LogP contribution is 2.27. The minimum absolute atomic E-state index is 0.334. The third-order valence-corrected chi connectivity index (χ3v) is 2.86. The van der Waals surface area contributed by atoms with Crippen LogP contribution in [0.15, 0.2) is 24.3 Å². The minimum atomic E-state index is -0.334. The van der Waals surface area contributed by atoms with Crippen LogP contribution in [0.4, 0.5) is 0 Å². The molecule has 0 aliphatic carbocycles. The van der Waals surface area contributed by atoms with E-state index in [9.17, 15) is 0 Å². The number of hydrogen-bond acceptors (Lipinski definition) is 2. The summed E-state index contributed by atoms with van der Waals surface area (Å²) in [6.45, 7) is 8.16. The molecule has 0 saturated carbocycles. The summed E-state index contributed by atoms with van der Waals surface area (Å²) in [5.41, 5.74) is 10.3. The molecule has 2 rings (SSSR count). The SMILES string of the molecule is Cc1cc(C(C)(C)N)c2cccc(C)c2n1. The molecule has 0 saturated heterocycles. The van der Waals surface area contributed by atoms with Crippen molar-refractivity contribution in [2.75, 3.05) is 0 Å². The molecule has 2 nitrogen and oxygen atoms in total. The lowest BCUT2D eigenvalue weighted by molar-refractivity contribution is 0.558. The van der Waals surface area contributed by atoms with Crippen molar-refractivity contribution in [3.8, 4) is 0 Å². The molecule has 0 amide bonds.